The van der Waals surface area contributed by atoms with Crippen molar-refractivity contribution in [1.82, 2.24) is 0 Å². The number of carboxylic acid groups (broad SMARTS) is 1. The lowest BCUT2D eigenvalue weighted by atomic mass is 9.97. The number of Topliss-reactive ketones (excluding diaryl/α,β-unsaturated/α-hetero) is 2. The number of aliphatic hydroxyl groups excluding tert-OH is 4. The molecule has 0 aromatic carbocycles. The zero-order valence-electron chi connectivity index (χ0n) is 9.97. The van der Waals surface area contributed by atoms with Crippen LogP contribution in [0.25, 0.3) is 0 Å². The van der Waals surface area contributed by atoms with E-state index in [-0.39, 0.29) is 6.42 Å². The van der Waals surface area contributed by atoms with Crippen LogP contribution < -0.4 is 5.73 Å². The molecule has 0 spiro atoms. The number of ketones is 2. The second-order valence-electron chi connectivity index (χ2n) is 3.95. The van der Waals surface area contributed by atoms with E-state index in [0.717, 1.165) is 0 Å². The summed E-state index contributed by atoms with van der Waals surface area (Å²) in [5, 5.41) is 44.5. The number of aliphatic hydroxyl groups is 4. The van der Waals surface area contributed by atoms with Crippen LogP contribution in [0.1, 0.15) is 12.8 Å². The van der Waals surface area contributed by atoms with Crippen LogP contribution in [0, 0.1) is 0 Å². The molecular weight excluding hydrogens is 262 g/mol. The molecule has 0 aromatic heterocycles. The van der Waals surface area contributed by atoms with Crippen LogP contribution >= 0.6 is 0 Å². The largest absolute Gasteiger partial charge is 0.481 e. The molecule has 0 fully saturated rings. The summed E-state index contributed by atoms with van der Waals surface area (Å²) in [5.74, 6) is -3.90. The number of hydrogen-bond acceptors (Lipinski definition) is 8. The highest BCUT2D eigenvalue weighted by molar-refractivity contribution is 6.40. The first-order chi connectivity index (χ1) is 8.72. The lowest BCUT2D eigenvalue weighted by Crippen LogP contribution is -2.49. The first kappa shape index (κ1) is 17.6. The van der Waals surface area contributed by atoms with E-state index < -0.39 is 54.9 Å². The molecule has 0 saturated heterocycles. The number of rotatable bonds is 9. The summed E-state index contributed by atoms with van der Waals surface area (Å²) in [6.07, 6.45) is -6.79. The van der Waals surface area contributed by atoms with E-state index >= 15 is 0 Å². The standard InChI is InChI=1S/C10H17NO8/c11-4(1-2-6(14)15)7(16)9(18)10(19)8(17)5(13)3-12/h4-5,8,10,12-13,17,19H,1-3,11H2,(H,14,15)/t4-,5+,8+,10+/m0/s1. The van der Waals surface area contributed by atoms with E-state index in [9.17, 15) is 24.6 Å². The van der Waals surface area contributed by atoms with Crippen LogP contribution in [0.5, 0.6) is 0 Å². The van der Waals surface area contributed by atoms with Gasteiger partial charge in [0.25, 0.3) is 0 Å². The first-order valence-electron chi connectivity index (χ1n) is 5.42. The Hall–Kier alpha value is -1.39. The highest BCUT2D eigenvalue weighted by Gasteiger charge is 2.35. The van der Waals surface area contributed by atoms with E-state index in [2.05, 4.69) is 0 Å². The van der Waals surface area contributed by atoms with Crippen LogP contribution in [0.4, 0.5) is 0 Å². The Labute approximate surface area is 108 Å². The second-order valence-corrected chi connectivity index (χ2v) is 3.95. The molecule has 7 N–H and O–H groups in total. The van der Waals surface area contributed by atoms with E-state index in [1.165, 1.54) is 0 Å². The van der Waals surface area contributed by atoms with Crippen molar-refractivity contribution in [2.24, 2.45) is 5.73 Å². The van der Waals surface area contributed by atoms with Gasteiger partial charge in [0, 0.05) is 6.42 Å². The van der Waals surface area contributed by atoms with Crippen LogP contribution in [0.3, 0.4) is 0 Å². The van der Waals surface area contributed by atoms with Gasteiger partial charge in [0.1, 0.15) is 18.3 Å². The van der Waals surface area contributed by atoms with Gasteiger partial charge in [-0.3, -0.25) is 14.4 Å². The monoisotopic (exact) mass is 279 g/mol. The van der Waals surface area contributed by atoms with Gasteiger partial charge >= 0.3 is 5.97 Å². The van der Waals surface area contributed by atoms with Crippen LogP contribution in [-0.4, -0.2) is 74.0 Å². The van der Waals surface area contributed by atoms with Gasteiger partial charge in [-0.2, -0.15) is 0 Å². The fourth-order valence-electron chi connectivity index (χ4n) is 1.21. The first-order valence-corrected chi connectivity index (χ1v) is 5.42. The van der Waals surface area contributed by atoms with Gasteiger partial charge in [-0.25, -0.2) is 0 Å². The van der Waals surface area contributed by atoms with Crippen LogP contribution in [0.15, 0.2) is 0 Å². The topological polar surface area (TPSA) is 178 Å². The van der Waals surface area contributed by atoms with E-state index in [1.54, 1.807) is 0 Å². The summed E-state index contributed by atoms with van der Waals surface area (Å²) < 4.78 is 0. The SMILES string of the molecule is N[C@@H](CCC(=O)O)C(=O)C(=O)[C@H](O)[C@H](O)[C@H](O)CO. The summed E-state index contributed by atoms with van der Waals surface area (Å²) >= 11 is 0. The van der Waals surface area contributed by atoms with Crippen molar-refractivity contribution in [3.63, 3.8) is 0 Å². The summed E-state index contributed by atoms with van der Waals surface area (Å²) in [6, 6.07) is -1.42. The molecule has 110 valence electrons. The molecular formula is C10H17NO8. The minimum atomic E-state index is -2.23. The highest BCUT2D eigenvalue weighted by atomic mass is 16.4. The maximum absolute atomic E-state index is 11.4. The molecule has 9 nitrogen and oxygen atoms in total. The third-order valence-electron chi connectivity index (χ3n) is 2.42. The summed E-state index contributed by atoms with van der Waals surface area (Å²) in [4.78, 5) is 33.1. The average molecular weight is 279 g/mol. The lowest BCUT2D eigenvalue weighted by molar-refractivity contribution is -0.150. The van der Waals surface area contributed by atoms with Crippen molar-refractivity contribution in [3.05, 3.63) is 0 Å². The van der Waals surface area contributed by atoms with E-state index in [1.807, 2.05) is 0 Å². The molecule has 0 aliphatic rings. The molecule has 0 heterocycles. The van der Waals surface area contributed by atoms with Gasteiger partial charge in [-0.05, 0) is 6.42 Å². The molecule has 0 bridgehead atoms. The minimum absolute atomic E-state index is 0.300. The summed E-state index contributed by atoms with van der Waals surface area (Å²) in [5.41, 5.74) is 5.27. The zero-order chi connectivity index (χ0) is 15.2. The highest BCUT2D eigenvalue weighted by Crippen LogP contribution is 2.05. The minimum Gasteiger partial charge on any atom is -0.481 e. The fraction of sp³-hybridized carbons (Fsp3) is 0.700. The van der Waals surface area contributed by atoms with Gasteiger partial charge in [0.2, 0.25) is 11.6 Å². The lowest BCUT2D eigenvalue weighted by Gasteiger charge is -2.20. The number of nitrogens with two attached hydrogens (primary N) is 1. The van der Waals surface area contributed by atoms with Gasteiger partial charge in [0.05, 0.1) is 12.6 Å². The smallest absolute Gasteiger partial charge is 0.303 e. The molecule has 19 heavy (non-hydrogen) atoms. The predicted molar refractivity (Wildman–Crippen MR) is 60.0 cm³/mol. The quantitative estimate of drug-likeness (QED) is 0.232. The van der Waals surface area contributed by atoms with Crippen LogP contribution in [-0.2, 0) is 14.4 Å². The van der Waals surface area contributed by atoms with Gasteiger partial charge in [-0.15, -0.1) is 0 Å². The Balaban J connectivity index is 4.54. The molecule has 0 aliphatic heterocycles. The van der Waals surface area contributed by atoms with Crippen molar-refractivity contribution in [1.29, 1.82) is 0 Å². The van der Waals surface area contributed by atoms with E-state index in [4.69, 9.17) is 21.1 Å². The van der Waals surface area contributed by atoms with Crippen molar-refractivity contribution >= 4 is 17.5 Å². The molecule has 0 radical (unpaired) electrons. The molecule has 0 aliphatic carbocycles. The van der Waals surface area contributed by atoms with Crippen molar-refractivity contribution in [3.8, 4) is 0 Å². The zero-order valence-corrected chi connectivity index (χ0v) is 9.97. The molecule has 0 saturated carbocycles. The van der Waals surface area contributed by atoms with Gasteiger partial charge in [-0.1, -0.05) is 0 Å². The Kier molecular flexibility index (Phi) is 7.34. The van der Waals surface area contributed by atoms with Gasteiger partial charge < -0.3 is 31.3 Å². The Bertz CT molecular complexity index is 344. The molecule has 0 amide bonds. The normalized spacial score (nSPS) is 17.3. The third kappa shape index (κ3) is 5.41. The van der Waals surface area contributed by atoms with Crippen molar-refractivity contribution < 1.29 is 39.9 Å². The Morgan fingerprint density at radius 2 is 1.58 bits per heavy atom. The molecule has 9 heteroatoms. The van der Waals surface area contributed by atoms with Crippen molar-refractivity contribution in [2.45, 2.75) is 37.2 Å². The van der Waals surface area contributed by atoms with Gasteiger partial charge in [0.15, 0.2) is 0 Å². The number of aliphatic carboxylic acids is 1. The fourth-order valence-corrected chi connectivity index (χ4v) is 1.21. The Morgan fingerprint density at radius 1 is 1.05 bits per heavy atom. The maximum atomic E-state index is 11.4. The number of carboxylic acids is 1. The summed E-state index contributed by atoms with van der Waals surface area (Å²) in [6.45, 7) is -0.912. The maximum Gasteiger partial charge on any atom is 0.303 e. The predicted octanol–water partition coefficient (Wildman–Crippen LogP) is -3.61. The summed E-state index contributed by atoms with van der Waals surface area (Å²) in [7, 11) is 0. The Morgan fingerprint density at radius 3 is 2.00 bits per heavy atom. The number of carbonyl (C=O) groups excluding carboxylic acids is 2. The van der Waals surface area contributed by atoms with Crippen LogP contribution in [0.2, 0.25) is 0 Å². The third-order valence-corrected chi connectivity index (χ3v) is 2.42. The molecule has 0 unspecified atom stereocenters. The molecule has 4 atom stereocenters. The number of hydrogen-bond donors (Lipinski definition) is 6. The average Bonchev–Trinajstić information content (AvgIpc) is 2.40. The molecule has 0 rings (SSSR count). The molecule has 0 aromatic rings. The van der Waals surface area contributed by atoms with E-state index in [0.29, 0.717) is 0 Å². The second kappa shape index (κ2) is 7.92. The van der Waals surface area contributed by atoms with Crippen molar-refractivity contribution in [2.75, 3.05) is 6.61 Å². The number of carbonyl (C=O) groups is 3.